The second-order valence-electron chi connectivity index (χ2n) is 41.8. The molecule has 0 bridgehead atoms. The summed E-state index contributed by atoms with van der Waals surface area (Å²) >= 11 is 21.3. The van der Waals surface area contributed by atoms with Gasteiger partial charge in [0.05, 0.1) is 29.6 Å². The summed E-state index contributed by atoms with van der Waals surface area (Å²) in [6, 6.07) is 82.6. The van der Waals surface area contributed by atoms with Crippen molar-refractivity contribution in [1.82, 2.24) is 0 Å². The number of ether oxygens (including phenoxy) is 5. The first kappa shape index (κ1) is 130. The van der Waals surface area contributed by atoms with Gasteiger partial charge in [-0.25, -0.2) is 0 Å². The van der Waals surface area contributed by atoms with Crippen molar-refractivity contribution in [3.05, 3.63) is 298 Å². The third-order valence-electron chi connectivity index (χ3n) is 30.7. The van der Waals surface area contributed by atoms with E-state index in [1.54, 1.807) is 60.7 Å². The lowest BCUT2D eigenvalue weighted by Crippen LogP contribution is -2.25. The molecule has 5 aliphatic carbocycles. The maximum absolute atomic E-state index is 12.5. The van der Waals surface area contributed by atoms with Crippen molar-refractivity contribution in [2.75, 3.05) is 0 Å². The molecule has 5 aliphatic rings. The first-order valence-electron chi connectivity index (χ1n) is 56.2. The smallest absolute Gasteiger partial charge is 0.314 e. The maximum atomic E-state index is 12.5. The van der Waals surface area contributed by atoms with Crippen LogP contribution in [-0.2, 0) is 56.1 Å². The summed E-state index contributed by atoms with van der Waals surface area (Å²) in [6.45, 7) is 11.3. The number of hydrogen-bond acceptors (Lipinski definition) is 15. The Morgan fingerprint density at radius 1 is 0.180 bits per heavy atom. The Bertz CT molecular complexity index is 4520. The molecule has 0 atom stereocenters. The normalized spacial score (nSPS) is 18.5. The molecule has 820 valence electrons. The van der Waals surface area contributed by atoms with Gasteiger partial charge in [0.15, 0.2) is 0 Å². The van der Waals surface area contributed by atoms with E-state index in [1.807, 2.05) is 60.7 Å². The third kappa shape index (κ3) is 47.5. The quantitative estimate of drug-likeness (QED) is 0.00827. The Kier molecular flexibility index (Phi) is 64.0. The molecule has 0 radical (unpaired) electrons. The van der Waals surface area contributed by atoms with Crippen LogP contribution in [0.1, 0.15) is 409 Å². The third-order valence-corrected chi connectivity index (χ3v) is 32.2. The zero-order valence-electron chi connectivity index (χ0n) is 90.1. The van der Waals surface area contributed by atoms with E-state index in [2.05, 4.69) is 219 Å². The Balaban J connectivity index is 0.000000284. The van der Waals surface area contributed by atoms with Crippen LogP contribution in [0.3, 0.4) is 0 Å². The number of esters is 5. The highest BCUT2D eigenvalue weighted by molar-refractivity contribution is 7.81. The largest absolute Gasteiger partial charge is 0.426 e. The molecule has 0 aromatic heterocycles. The van der Waals surface area contributed by atoms with Gasteiger partial charge >= 0.3 is 29.8 Å². The zero-order valence-corrected chi connectivity index (χ0v) is 94.6. The zero-order chi connectivity index (χ0) is 102. The summed E-state index contributed by atoms with van der Waals surface area (Å²) in [5.74, 6) is 5.55. The van der Waals surface area contributed by atoms with Crippen molar-refractivity contribution in [3.63, 3.8) is 0 Å². The van der Waals surface area contributed by atoms with Crippen molar-refractivity contribution >= 4 is 93.0 Å². The van der Waals surface area contributed by atoms with Crippen LogP contribution in [0.5, 0.6) is 28.7 Å². The van der Waals surface area contributed by atoms with E-state index in [4.69, 9.17) is 23.7 Å². The molecule has 150 heavy (non-hydrogen) atoms. The minimum atomic E-state index is -0.0891. The fourth-order valence-corrected chi connectivity index (χ4v) is 22.1. The van der Waals surface area contributed by atoms with Gasteiger partial charge in [0.25, 0.3) is 0 Å². The monoisotopic (exact) mass is 2150 g/mol. The number of carbonyl (C=O) groups is 5. The molecule has 0 amide bonds. The van der Waals surface area contributed by atoms with Gasteiger partial charge in [-0.1, -0.05) is 284 Å². The highest BCUT2D eigenvalue weighted by Gasteiger charge is 2.34. The number of benzene rings is 10. The lowest BCUT2D eigenvalue weighted by atomic mass is 9.78. The molecule has 20 heteroatoms. The predicted molar refractivity (Wildman–Crippen MR) is 627 cm³/mol. The second kappa shape index (κ2) is 74.1. The van der Waals surface area contributed by atoms with Crippen LogP contribution in [0.15, 0.2) is 267 Å². The van der Waals surface area contributed by atoms with Gasteiger partial charge in [-0.3, -0.25) is 47.5 Å². The van der Waals surface area contributed by atoms with Crippen LogP contribution >= 0.6 is 63.1 Å². The molecule has 5 saturated carbocycles. The van der Waals surface area contributed by atoms with Gasteiger partial charge < -0.3 is 23.7 Å². The predicted octanol–water partition coefficient (Wildman–Crippen LogP) is 37.6. The van der Waals surface area contributed by atoms with Crippen LogP contribution in [0.4, 0.5) is 23.5 Å². The highest BCUT2D eigenvalue weighted by Crippen LogP contribution is 2.44. The standard InChI is InChI=1S/5C26H34O2S.5FH/c5*1-2-3-4-5-6-7-20-8-10-21(11-9-20)22-12-14-23(15-13-22)26(27)28-24-16-18-25(29)19-17-24;;;;;/h5*8-11,16-19,22-23,29H,2-7,12-15H2,1H3;5*1H. The molecule has 10 nitrogen and oxygen atoms in total. The van der Waals surface area contributed by atoms with E-state index in [0.717, 1.165) is 153 Å². The van der Waals surface area contributed by atoms with Gasteiger partial charge in [0.1, 0.15) is 28.7 Å². The summed E-state index contributed by atoms with van der Waals surface area (Å²) in [6.07, 6.45) is 59.0. The van der Waals surface area contributed by atoms with E-state index >= 15 is 0 Å². The van der Waals surface area contributed by atoms with E-state index in [1.165, 1.54) is 248 Å². The first-order valence-corrected chi connectivity index (χ1v) is 58.5. The number of halogens is 5. The summed E-state index contributed by atoms with van der Waals surface area (Å²) in [5, 5.41) is 0. The van der Waals surface area contributed by atoms with E-state index < -0.39 is 0 Å². The van der Waals surface area contributed by atoms with Crippen molar-refractivity contribution in [2.45, 2.75) is 410 Å². The minimum Gasteiger partial charge on any atom is -0.426 e. The van der Waals surface area contributed by atoms with Crippen LogP contribution < -0.4 is 23.7 Å². The van der Waals surface area contributed by atoms with Crippen molar-refractivity contribution in [1.29, 1.82) is 0 Å². The van der Waals surface area contributed by atoms with Gasteiger partial charge in [-0.2, -0.15) is 0 Å². The topological polar surface area (TPSA) is 132 Å². The molecular formula is C130H175F5O10S5. The second-order valence-corrected chi connectivity index (χ2v) is 44.4. The molecule has 0 unspecified atom stereocenters. The summed E-state index contributed by atoms with van der Waals surface area (Å²) in [7, 11) is 0. The molecule has 10 aromatic rings. The van der Waals surface area contributed by atoms with Crippen LogP contribution in [0.2, 0.25) is 0 Å². The molecule has 0 N–H and O–H groups in total. The average Bonchev–Trinajstić information content (AvgIpc) is 0.852. The van der Waals surface area contributed by atoms with Gasteiger partial charge in [-0.15, -0.1) is 63.1 Å². The van der Waals surface area contributed by atoms with Crippen molar-refractivity contribution < 1.29 is 71.2 Å². The molecule has 15 rings (SSSR count). The SMILES string of the molecule is CCCCCCCc1ccc(C2CCC(C(=O)Oc3ccc(S)cc3)CC2)cc1.CCCCCCCc1ccc(C2CCC(C(=O)Oc3ccc(S)cc3)CC2)cc1.CCCCCCCc1ccc(C2CCC(C(=O)Oc3ccc(S)cc3)CC2)cc1.CCCCCCCc1ccc(C2CCC(C(=O)Oc3ccc(S)cc3)CC2)cc1.CCCCCCCc1ccc(C2CCC(C(=O)Oc3ccc(S)cc3)CC2)cc1.F.F.F.F.F. The summed E-state index contributed by atoms with van der Waals surface area (Å²) in [5.41, 5.74) is 14.4. The van der Waals surface area contributed by atoms with Gasteiger partial charge in [0.2, 0.25) is 0 Å². The fraction of sp³-hybridized carbons (Fsp3) is 0.500. The number of carbonyl (C=O) groups excluding carboxylic acids is 5. The Morgan fingerprint density at radius 3 is 0.433 bits per heavy atom. The van der Waals surface area contributed by atoms with Gasteiger partial charge in [-0.05, 0) is 399 Å². The number of thiol groups is 5. The Hall–Kier alpha value is -9.05. The van der Waals surface area contributed by atoms with E-state index in [9.17, 15) is 24.0 Å². The van der Waals surface area contributed by atoms with E-state index in [0.29, 0.717) is 58.3 Å². The summed E-state index contributed by atoms with van der Waals surface area (Å²) < 4.78 is 27.8. The number of rotatable bonds is 45. The average molecular weight is 2150 g/mol. The molecule has 0 heterocycles. The lowest BCUT2D eigenvalue weighted by molar-refractivity contribution is -0.141. The molecule has 0 aliphatic heterocycles. The Morgan fingerprint density at radius 2 is 0.307 bits per heavy atom. The highest BCUT2D eigenvalue weighted by atomic mass is 32.1. The molecule has 5 fully saturated rings. The molecular weight excluding hydrogens is 1980 g/mol. The molecule has 0 spiro atoms. The Labute approximate surface area is 923 Å². The number of unbranched alkanes of at least 4 members (excludes halogenated alkanes) is 20. The van der Waals surface area contributed by atoms with E-state index in [-0.39, 0.29) is 83.0 Å². The number of aryl methyl sites for hydroxylation is 5. The van der Waals surface area contributed by atoms with Gasteiger partial charge in [0, 0.05) is 24.5 Å². The fourth-order valence-electron chi connectivity index (χ4n) is 21.3. The van der Waals surface area contributed by atoms with Crippen LogP contribution in [0, 0.1) is 29.6 Å². The molecule has 0 saturated heterocycles. The summed E-state index contributed by atoms with van der Waals surface area (Å²) in [4.78, 5) is 66.7. The molecule has 10 aromatic carbocycles. The number of hydrogen-bond donors (Lipinski definition) is 5. The van der Waals surface area contributed by atoms with Crippen LogP contribution in [-0.4, -0.2) is 29.8 Å². The van der Waals surface area contributed by atoms with Crippen molar-refractivity contribution in [2.24, 2.45) is 29.6 Å². The first-order chi connectivity index (χ1) is 70.8. The maximum Gasteiger partial charge on any atom is 0.314 e. The lowest BCUT2D eigenvalue weighted by Gasteiger charge is -2.27. The van der Waals surface area contributed by atoms with Crippen LogP contribution in [0.25, 0.3) is 0 Å². The minimum absolute atomic E-state index is 0. The van der Waals surface area contributed by atoms with Crippen molar-refractivity contribution in [3.8, 4) is 28.7 Å².